The number of nitrogens with zero attached hydrogens (tertiary/aromatic N) is 3. The minimum absolute atomic E-state index is 0.00924. The topological polar surface area (TPSA) is 81.1 Å². The number of benzene rings is 1. The molecule has 1 amide bonds. The molecule has 0 aliphatic carbocycles. The summed E-state index contributed by atoms with van der Waals surface area (Å²) in [5, 5.41) is 10.8. The van der Waals surface area contributed by atoms with E-state index >= 15 is 0 Å². The fourth-order valence-corrected chi connectivity index (χ4v) is 3.59. The van der Waals surface area contributed by atoms with Crippen molar-refractivity contribution >= 4 is 5.91 Å². The molecule has 0 saturated heterocycles. The van der Waals surface area contributed by atoms with Crippen molar-refractivity contribution in [1.29, 1.82) is 0 Å². The third kappa shape index (κ3) is 3.37. The standard InChI is InChI=1S/C18H23N5O2/c1-12(21-13-6-7-17-19-11-20-23(17)10-13)18(24)22-15-8-9-25-16-5-3-2-4-14(15)16/h2-5,11-13,15,21H,6-10H2,1H3,(H,22,24)/t12-,13+,15-/m0/s1. The Hall–Kier alpha value is -2.41. The van der Waals surface area contributed by atoms with E-state index in [0.717, 1.165) is 42.9 Å². The minimum atomic E-state index is -0.259. The zero-order chi connectivity index (χ0) is 17.2. The molecule has 4 rings (SSSR count). The summed E-state index contributed by atoms with van der Waals surface area (Å²) in [4.78, 5) is 16.9. The second kappa shape index (κ2) is 6.84. The van der Waals surface area contributed by atoms with E-state index in [1.165, 1.54) is 0 Å². The smallest absolute Gasteiger partial charge is 0.237 e. The van der Waals surface area contributed by atoms with E-state index in [1.807, 2.05) is 35.9 Å². The van der Waals surface area contributed by atoms with Gasteiger partial charge in [0.25, 0.3) is 0 Å². The van der Waals surface area contributed by atoms with Crippen molar-refractivity contribution in [1.82, 2.24) is 25.4 Å². The number of ether oxygens (including phenoxy) is 1. The van der Waals surface area contributed by atoms with Crippen LogP contribution in [0.1, 0.15) is 37.2 Å². The molecule has 2 aliphatic rings. The van der Waals surface area contributed by atoms with Gasteiger partial charge in [-0.1, -0.05) is 18.2 Å². The molecule has 1 aromatic heterocycles. The second-order valence-corrected chi connectivity index (χ2v) is 6.72. The van der Waals surface area contributed by atoms with Crippen molar-refractivity contribution in [2.45, 2.75) is 50.9 Å². The molecule has 3 atom stereocenters. The lowest BCUT2D eigenvalue weighted by Crippen LogP contribution is -2.50. The van der Waals surface area contributed by atoms with Gasteiger partial charge in [0, 0.05) is 24.4 Å². The van der Waals surface area contributed by atoms with Gasteiger partial charge >= 0.3 is 0 Å². The van der Waals surface area contributed by atoms with E-state index in [-0.39, 0.29) is 24.0 Å². The highest BCUT2D eigenvalue weighted by Crippen LogP contribution is 2.31. The van der Waals surface area contributed by atoms with E-state index in [4.69, 9.17) is 4.74 Å². The van der Waals surface area contributed by atoms with Gasteiger partial charge in [0.1, 0.15) is 17.9 Å². The molecule has 132 valence electrons. The largest absolute Gasteiger partial charge is 0.493 e. The van der Waals surface area contributed by atoms with Gasteiger partial charge in [0.15, 0.2) is 0 Å². The summed E-state index contributed by atoms with van der Waals surface area (Å²) >= 11 is 0. The van der Waals surface area contributed by atoms with Crippen LogP contribution in [-0.2, 0) is 17.8 Å². The third-order valence-corrected chi connectivity index (χ3v) is 4.96. The zero-order valence-electron chi connectivity index (χ0n) is 14.3. The summed E-state index contributed by atoms with van der Waals surface area (Å²) in [6.45, 7) is 3.30. The molecule has 3 heterocycles. The van der Waals surface area contributed by atoms with Crippen LogP contribution in [-0.4, -0.2) is 39.4 Å². The number of rotatable bonds is 4. The average molecular weight is 341 g/mol. The summed E-state index contributed by atoms with van der Waals surface area (Å²) < 4.78 is 7.58. The second-order valence-electron chi connectivity index (χ2n) is 6.72. The van der Waals surface area contributed by atoms with Crippen LogP contribution >= 0.6 is 0 Å². The van der Waals surface area contributed by atoms with Crippen molar-refractivity contribution in [2.75, 3.05) is 6.61 Å². The van der Waals surface area contributed by atoms with Crippen molar-refractivity contribution in [3.63, 3.8) is 0 Å². The van der Waals surface area contributed by atoms with Gasteiger partial charge in [-0.2, -0.15) is 5.10 Å². The first kappa shape index (κ1) is 16.1. The van der Waals surface area contributed by atoms with Crippen LogP contribution in [0.25, 0.3) is 0 Å². The number of aryl methyl sites for hydroxylation is 1. The first-order valence-electron chi connectivity index (χ1n) is 8.85. The highest BCUT2D eigenvalue weighted by molar-refractivity contribution is 5.81. The lowest BCUT2D eigenvalue weighted by Gasteiger charge is -2.30. The van der Waals surface area contributed by atoms with Gasteiger partial charge in [-0.05, 0) is 19.4 Å². The lowest BCUT2D eigenvalue weighted by molar-refractivity contribution is -0.124. The summed E-state index contributed by atoms with van der Waals surface area (Å²) in [6, 6.07) is 7.88. The zero-order valence-corrected chi connectivity index (χ0v) is 14.3. The van der Waals surface area contributed by atoms with Crippen molar-refractivity contribution < 1.29 is 9.53 Å². The average Bonchev–Trinajstić information content (AvgIpc) is 3.10. The number of amides is 1. The first-order valence-corrected chi connectivity index (χ1v) is 8.85. The summed E-state index contributed by atoms with van der Waals surface area (Å²) in [5.74, 6) is 1.91. The Bertz CT molecular complexity index is 759. The van der Waals surface area contributed by atoms with Gasteiger partial charge in [-0.25, -0.2) is 9.67 Å². The maximum atomic E-state index is 12.6. The molecule has 7 nitrogen and oxygen atoms in total. The molecule has 0 saturated carbocycles. The van der Waals surface area contributed by atoms with Crippen molar-refractivity contribution in [2.24, 2.45) is 0 Å². The van der Waals surface area contributed by atoms with Crippen LogP contribution in [0.4, 0.5) is 0 Å². The van der Waals surface area contributed by atoms with Crippen LogP contribution in [0.2, 0.25) is 0 Å². The van der Waals surface area contributed by atoms with Gasteiger partial charge in [0.05, 0.1) is 25.2 Å². The Morgan fingerprint density at radius 3 is 3.16 bits per heavy atom. The number of carbonyl (C=O) groups excluding carboxylic acids is 1. The highest BCUT2D eigenvalue weighted by Gasteiger charge is 2.27. The number of carbonyl (C=O) groups is 1. The van der Waals surface area contributed by atoms with E-state index in [9.17, 15) is 4.79 Å². The SMILES string of the molecule is C[C@H](N[C@@H]1CCc2ncnn2C1)C(=O)N[C@H]1CCOc2ccccc21. The summed E-state index contributed by atoms with van der Waals surface area (Å²) in [5.41, 5.74) is 1.05. The molecule has 2 aromatic rings. The van der Waals surface area contributed by atoms with Gasteiger partial charge < -0.3 is 15.4 Å². The van der Waals surface area contributed by atoms with Gasteiger partial charge in [0.2, 0.25) is 5.91 Å². The molecule has 1 aromatic carbocycles. The third-order valence-electron chi connectivity index (χ3n) is 4.96. The molecular weight excluding hydrogens is 318 g/mol. The quantitative estimate of drug-likeness (QED) is 0.874. The molecule has 25 heavy (non-hydrogen) atoms. The Kier molecular flexibility index (Phi) is 4.40. The predicted octanol–water partition coefficient (Wildman–Crippen LogP) is 1.21. The van der Waals surface area contributed by atoms with Crippen molar-refractivity contribution in [3.05, 3.63) is 42.0 Å². The van der Waals surface area contributed by atoms with Crippen LogP contribution < -0.4 is 15.4 Å². The Morgan fingerprint density at radius 2 is 2.24 bits per heavy atom. The van der Waals surface area contributed by atoms with Crippen LogP contribution in [0, 0.1) is 0 Å². The predicted molar refractivity (Wildman–Crippen MR) is 92.2 cm³/mol. The Labute approximate surface area is 146 Å². The number of hydrogen-bond acceptors (Lipinski definition) is 5. The van der Waals surface area contributed by atoms with Gasteiger partial charge in [-0.3, -0.25) is 4.79 Å². The minimum Gasteiger partial charge on any atom is -0.493 e. The molecule has 0 fully saturated rings. The van der Waals surface area contributed by atoms with E-state index in [1.54, 1.807) is 6.33 Å². The van der Waals surface area contributed by atoms with E-state index in [0.29, 0.717) is 6.61 Å². The Balaban J connectivity index is 1.36. The van der Waals surface area contributed by atoms with Crippen molar-refractivity contribution in [3.8, 4) is 5.75 Å². The summed E-state index contributed by atoms with van der Waals surface area (Å²) in [6.07, 6.45) is 4.24. The van der Waals surface area contributed by atoms with E-state index in [2.05, 4.69) is 20.7 Å². The molecule has 2 aliphatic heterocycles. The maximum Gasteiger partial charge on any atom is 0.237 e. The van der Waals surface area contributed by atoms with Crippen LogP contribution in [0.5, 0.6) is 5.75 Å². The molecule has 0 unspecified atom stereocenters. The highest BCUT2D eigenvalue weighted by atomic mass is 16.5. The molecule has 0 radical (unpaired) electrons. The monoisotopic (exact) mass is 341 g/mol. The lowest BCUT2D eigenvalue weighted by atomic mass is 10.00. The number of nitrogens with one attached hydrogen (secondary N) is 2. The van der Waals surface area contributed by atoms with Gasteiger partial charge in [-0.15, -0.1) is 0 Å². The normalized spacial score (nSPS) is 23.1. The number of aromatic nitrogens is 3. The number of hydrogen-bond donors (Lipinski definition) is 2. The molecule has 0 bridgehead atoms. The first-order chi connectivity index (χ1) is 12.2. The maximum absolute atomic E-state index is 12.6. The molecule has 2 N–H and O–H groups in total. The number of fused-ring (bicyclic) bond motifs is 2. The van der Waals surface area contributed by atoms with Crippen LogP contribution in [0.3, 0.4) is 0 Å². The number of para-hydroxylation sites is 1. The molecule has 0 spiro atoms. The fraction of sp³-hybridized carbons (Fsp3) is 0.500. The van der Waals surface area contributed by atoms with Crippen LogP contribution in [0.15, 0.2) is 30.6 Å². The fourth-order valence-electron chi connectivity index (χ4n) is 3.59. The van der Waals surface area contributed by atoms with E-state index < -0.39 is 0 Å². The molecule has 7 heteroatoms. The Morgan fingerprint density at radius 1 is 1.36 bits per heavy atom. The summed E-state index contributed by atoms with van der Waals surface area (Å²) in [7, 11) is 0. The molecular formula is C18H23N5O2.